The van der Waals surface area contributed by atoms with Crippen molar-refractivity contribution in [1.82, 2.24) is 9.66 Å². The predicted octanol–water partition coefficient (Wildman–Crippen LogP) is 8.26. The fourth-order valence-electron chi connectivity index (χ4n) is 5.39. The molecular formula is C37H32FN3O3. The van der Waals surface area contributed by atoms with Gasteiger partial charge in [-0.2, -0.15) is 9.78 Å². The maximum atomic E-state index is 14.4. The molecule has 0 saturated carbocycles. The Bertz CT molecular complexity index is 2100. The van der Waals surface area contributed by atoms with E-state index in [1.165, 1.54) is 10.7 Å². The van der Waals surface area contributed by atoms with Gasteiger partial charge in [0, 0.05) is 16.7 Å². The largest absolute Gasteiger partial charge is 0.496 e. The molecule has 6 rings (SSSR count). The molecule has 0 unspecified atom stereocenters. The normalized spacial score (nSPS) is 11.6. The number of rotatable bonds is 8. The average molecular weight is 586 g/mol. The summed E-state index contributed by atoms with van der Waals surface area (Å²) < 4.78 is 27.6. The minimum absolute atomic E-state index is 0.0393. The number of halogens is 1. The van der Waals surface area contributed by atoms with Crippen molar-refractivity contribution < 1.29 is 13.9 Å². The van der Waals surface area contributed by atoms with Crippen LogP contribution in [0.5, 0.6) is 11.5 Å². The molecule has 0 N–H and O–H groups in total. The Morgan fingerprint density at radius 1 is 0.909 bits per heavy atom. The van der Waals surface area contributed by atoms with Crippen LogP contribution in [0.1, 0.15) is 42.0 Å². The molecule has 0 saturated heterocycles. The molecule has 0 aliphatic carbocycles. The zero-order valence-electron chi connectivity index (χ0n) is 25.0. The van der Waals surface area contributed by atoms with Crippen molar-refractivity contribution in [1.29, 1.82) is 0 Å². The van der Waals surface area contributed by atoms with Gasteiger partial charge in [0.05, 0.1) is 24.2 Å². The summed E-state index contributed by atoms with van der Waals surface area (Å²) in [4.78, 5) is 18.9. The molecule has 0 spiro atoms. The monoisotopic (exact) mass is 585 g/mol. The molecule has 1 aromatic heterocycles. The van der Waals surface area contributed by atoms with Gasteiger partial charge in [0.25, 0.3) is 5.56 Å². The standard InChI is InChI=1S/C37H32FN3O3/c1-23(2)29-20-30(24(3)19-35(29)43-4)36-40-33-16-10-8-14-28(33)37(42)41(36)39-21-31-27-13-7-5-11-25(27)17-18-34(31)44-22-26-12-6-9-15-32(26)38/h5-21,23H,22H2,1-4H3. The number of methoxy groups -OCH3 is 1. The van der Waals surface area contributed by atoms with E-state index in [0.29, 0.717) is 33.6 Å². The Balaban J connectivity index is 1.54. The summed E-state index contributed by atoms with van der Waals surface area (Å²) in [6, 6.07) is 29.4. The molecule has 0 amide bonds. The summed E-state index contributed by atoms with van der Waals surface area (Å²) in [5.74, 6) is 1.56. The van der Waals surface area contributed by atoms with Gasteiger partial charge in [-0.1, -0.05) is 74.5 Å². The number of aromatic nitrogens is 2. The lowest BCUT2D eigenvalue weighted by Gasteiger charge is -2.17. The van der Waals surface area contributed by atoms with Crippen LogP contribution in [-0.4, -0.2) is 23.0 Å². The van der Waals surface area contributed by atoms with Crippen LogP contribution in [0, 0.1) is 12.7 Å². The first-order valence-corrected chi connectivity index (χ1v) is 14.5. The van der Waals surface area contributed by atoms with E-state index in [2.05, 4.69) is 13.8 Å². The summed E-state index contributed by atoms with van der Waals surface area (Å²) in [5.41, 5.74) is 4.08. The Morgan fingerprint density at radius 2 is 1.64 bits per heavy atom. The molecule has 0 radical (unpaired) electrons. The molecule has 0 fully saturated rings. The highest BCUT2D eigenvalue weighted by Gasteiger charge is 2.19. The first-order valence-electron chi connectivity index (χ1n) is 14.5. The topological polar surface area (TPSA) is 65.7 Å². The van der Waals surface area contributed by atoms with Gasteiger partial charge in [0.1, 0.15) is 23.9 Å². The minimum Gasteiger partial charge on any atom is -0.496 e. The Kier molecular flexibility index (Phi) is 7.94. The van der Waals surface area contributed by atoms with Crippen LogP contribution in [-0.2, 0) is 6.61 Å². The molecule has 6 aromatic rings. The fraction of sp³-hybridized carbons (Fsp3) is 0.162. The number of aryl methyl sites for hydroxylation is 1. The van der Waals surface area contributed by atoms with Gasteiger partial charge in [-0.15, -0.1) is 0 Å². The molecular weight excluding hydrogens is 553 g/mol. The summed E-state index contributed by atoms with van der Waals surface area (Å²) in [5, 5.41) is 7.09. The molecule has 0 aliphatic rings. The van der Waals surface area contributed by atoms with Crippen molar-refractivity contribution in [3.63, 3.8) is 0 Å². The lowest BCUT2D eigenvalue weighted by molar-refractivity contribution is 0.300. The third kappa shape index (κ3) is 5.44. The molecule has 0 aliphatic heterocycles. The van der Waals surface area contributed by atoms with E-state index in [0.717, 1.165) is 33.2 Å². The van der Waals surface area contributed by atoms with Crippen molar-refractivity contribution in [3.8, 4) is 22.9 Å². The van der Waals surface area contributed by atoms with Crippen molar-refractivity contribution in [2.45, 2.75) is 33.3 Å². The number of fused-ring (bicyclic) bond motifs is 2. The van der Waals surface area contributed by atoms with Crippen LogP contribution in [0.25, 0.3) is 33.1 Å². The first-order chi connectivity index (χ1) is 21.4. The minimum atomic E-state index is -0.336. The van der Waals surface area contributed by atoms with Gasteiger partial charge >= 0.3 is 0 Å². The number of ether oxygens (including phenoxy) is 2. The summed E-state index contributed by atoms with van der Waals surface area (Å²) in [7, 11) is 1.66. The number of benzene rings is 5. The summed E-state index contributed by atoms with van der Waals surface area (Å²) >= 11 is 0. The second-order valence-electron chi connectivity index (χ2n) is 11.0. The lowest BCUT2D eigenvalue weighted by Crippen LogP contribution is -2.21. The van der Waals surface area contributed by atoms with Crippen LogP contribution in [0.15, 0.2) is 107 Å². The third-order valence-electron chi connectivity index (χ3n) is 7.77. The summed E-state index contributed by atoms with van der Waals surface area (Å²) in [6.07, 6.45) is 1.63. The van der Waals surface area contributed by atoms with E-state index in [-0.39, 0.29) is 23.9 Å². The summed E-state index contributed by atoms with van der Waals surface area (Å²) in [6.45, 7) is 6.20. The Morgan fingerprint density at radius 3 is 2.41 bits per heavy atom. The molecule has 44 heavy (non-hydrogen) atoms. The number of hydrogen-bond acceptors (Lipinski definition) is 5. The highest BCUT2D eigenvalue weighted by Crippen LogP contribution is 2.34. The lowest BCUT2D eigenvalue weighted by atomic mass is 9.96. The number of para-hydroxylation sites is 1. The van der Waals surface area contributed by atoms with Crippen LogP contribution in [0.4, 0.5) is 4.39 Å². The molecule has 220 valence electrons. The zero-order chi connectivity index (χ0) is 30.8. The van der Waals surface area contributed by atoms with Gasteiger partial charge in [-0.25, -0.2) is 9.37 Å². The molecule has 7 heteroatoms. The van der Waals surface area contributed by atoms with Crippen molar-refractivity contribution in [2.24, 2.45) is 5.10 Å². The second-order valence-corrected chi connectivity index (χ2v) is 11.0. The number of hydrogen-bond donors (Lipinski definition) is 0. The van der Waals surface area contributed by atoms with E-state index in [9.17, 15) is 9.18 Å². The average Bonchev–Trinajstić information content (AvgIpc) is 3.04. The highest BCUT2D eigenvalue weighted by molar-refractivity contribution is 6.02. The number of nitrogens with zero attached hydrogens (tertiary/aromatic N) is 3. The van der Waals surface area contributed by atoms with Gasteiger partial charge in [0.2, 0.25) is 0 Å². The maximum Gasteiger partial charge on any atom is 0.282 e. The van der Waals surface area contributed by atoms with Crippen LogP contribution >= 0.6 is 0 Å². The van der Waals surface area contributed by atoms with Crippen molar-refractivity contribution in [3.05, 3.63) is 135 Å². The predicted molar refractivity (Wildman–Crippen MR) is 174 cm³/mol. The van der Waals surface area contributed by atoms with E-state index in [1.807, 2.05) is 73.7 Å². The highest BCUT2D eigenvalue weighted by atomic mass is 19.1. The van der Waals surface area contributed by atoms with Crippen molar-refractivity contribution >= 4 is 27.9 Å². The molecule has 1 heterocycles. The van der Waals surface area contributed by atoms with Gasteiger partial charge in [-0.3, -0.25) is 4.79 Å². The third-order valence-corrected chi connectivity index (χ3v) is 7.77. The van der Waals surface area contributed by atoms with Gasteiger partial charge < -0.3 is 9.47 Å². The zero-order valence-corrected chi connectivity index (χ0v) is 25.0. The maximum absolute atomic E-state index is 14.4. The van der Waals surface area contributed by atoms with Crippen LogP contribution in [0.3, 0.4) is 0 Å². The molecule has 5 aromatic carbocycles. The quantitative estimate of drug-likeness (QED) is 0.169. The van der Waals surface area contributed by atoms with Crippen LogP contribution < -0.4 is 15.0 Å². The fourth-order valence-corrected chi connectivity index (χ4v) is 5.39. The smallest absolute Gasteiger partial charge is 0.282 e. The van der Waals surface area contributed by atoms with Crippen LogP contribution in [0.2, 0.25) is 0 Å². The van der Waals surface area contributed by atoms with E-state index >= 15 is 0 Å². The Hall–Kier alpha value is -5.30. The van der Waals surface area contributed by atoms with Gasteiger partial charge in [-0.05, 0) is 71.1 Å². The second kappa shape index (κ2) is 12.1. The molecule has 0 bridgehead atoms. The Labute approximate surface area is 255 Å². The van der Waals surface area contributed by atoms with Gasteiger partial charge in [0.15, 0.2) is 5.82 Å². The van der Waals surface area contributed by atoms with E-state index in [1.54, 1.807) is 37.6 Å². The van der Waals surface area contributed by atoms with E-state index in [4.69, 9.17) is 19.6 Å². The SMILES string of the molecule is COc1cc(C)c(-c2nc3ccccc3c(=O)n2N=Cc2c(OCc3ccccc3F)ccc3ccccc23)cc1C(C)C. The van der Waals surface area contributed by atoms with E-state index < -0.39 is 0 Å². The molecule has 0 atom stereocenters. The van der Waals surface area contributed by atoms with Crippen molar-refractivity contribution in [2.75, 3.05) is 7.11 Å². The first kappa shape index (κ1) is 28.8. The molecule has 6 nitrogen and oxygen atoms in total.